The van der Waals surface area contributed by atoms with Gasteiger partial charge in [-0.25, -0.2) is 0 Å². The van der Waals surface area contributed by atoms with Gasteiger partial charge in [0.2, 0.25) is 5.91 Å². The molecule has 2 aliphatic rings. The average molecular weight is 297 g/mol. The Morgan fingerprint density at radius 2 is 2.23 bits per heavy atom. The number of carbonyl (C=O) groups is 1. The molecule has 1 amide bonds. The third-order valence-electron chi connectivity index (χ3n) is 4.51. The first-order valence-corrected chi connectivity index (χ1v) is 7.90. The van der Waals surface area contributed by atoms with Gasteiger partial charge in [0.25, 0.3) is 0 Å². The molecule has 0 saturated carbocycles. The fourth-order valence-electron chi connectivity index (χ4n) is 3.42. The Morgan fingerprint density at radius 3 is 3.18 bits per heavy atom. The fraction of sp³-hybridized carbons (Fsp3) is 0.389. The summed E-state index contributed by atoms with van der Waals surface area (Å²) in [5, 5.41) is 3.15. The maximum absolute atomic E-state index is 12.3. The number of hydrogen-bond donors (Lipinski definition) is 1. The molecule has 0 radical (unpaired) electrons. The molecule has 0 fully saturated rings. The van der Waals surface area contributed by atoms with Crippen molar-refractivity contribution in [3.63, 3.8) is 0 Å². The van der Waals surface area contributed by atoms with Crippen molar-refractivity contribution in [3.05, 3.63) is 53.0 Å². The number of amides is 1. The van der Waals surface area contributed by atoms with Gasteiger partial charge in [0.1, 0.15) is 11.5 Å². The number of furan rings is 1. The Morgan fingerprint density at radius 1 is 1.27 bits per heavy atom. The molecular formula is C18H19NO3. The zero-order valence-electron chi connectivity index (χ0n) is 12.4. The number of aryl methyl sites for hydroxylation is 1. The monoisotopic (exact) mass is 297 g/mol. The van der Waals surface area contributed by atoms with Crippen molar-refractivity contribution in [2.75, 3.05) is 6.61 Å². The highest BCUT2D eigenvalue weighted by molar-refractivity contribution is 5.79. The SMILES string of the molecule is O=C(Cc1ccc2c(c1)CCO2)NC1CCCc2occc21. The van der Waals surface area contributed by atoms with Crippen LogP contribution in [0.4, 0.5) is 0 Å². The van der Waals surface area contributed by atoms with Crippen molar-refractivity contribution in [1.82, 2.24) is 5.32 Å². The van der Waals surface area contributed by atoms with Crippen LogP contribution in [-0.4, -0.2) is 12.5 Å². The van der Waals surface area contributed by atoms with Gasteiger partial charge in [-0.3, -0.25) is 4.79 Å². The summed E-state index contributed by atoms with van der Waals surface area (Å²) in [6.07, 6.45) is 6.08. The Kier molecular flexibility index (Phi) is 3.37. The second kappa shape index (κ2) is 5.52. The fourth-order valence-corrected chi connectivity index (χ4v) is 3.42. The third-order valence-corrected chi connectivity index (χ3v) is 4.51. The van der Waals surface area contributed by atoms with Crippen LogP contribution >= 0.6 is 0 Å². The van der Waals surface area contributed by atoms with Crippen molar-refractivity contribution in [2.24, 2.45) is 0 Å². The minimum atomic E-state index is 0.0675. The molecule has 0 bridgehead atoms. The van der Waals surface area contributed by atoms with Gasteiger partial charge in [0.15, 0.2) is 0 Å². The number of rotatable bonds is 3. The average Bonchev–Trinajstić information content (AvgIpc) is 3.15. The van der Waals surface area contributed by atoms with Crippen LogP contribution in [-0.2, 0) is 24.1 Å². The van der Waals surface area contributed by atoms with Crippen LogP contribution in [0.5, 0.6) is 5.75 Å². The Balaban J connectivity index is 1.43. The molecule has 22 heavy (non-hydrogen) atoms. The summed E-state index contributed by atoms with van der Waals surface area (Å²) in [4.78, 5) is 12.3. The van der Waals surface area contributed by atoms with E-state index in [4.69, 9.17) is 9.15 Å². The first-order chi connectivity index (χ1) is 10.8. The molecule has 114 valence electrons. The van der Waals surface area contributed by atoms with E-state index in [9.17, 15) is 4.79 Å². The lowest BCUT2D eigenvalue weighted by atomic mass is 9.93. The summed E-state index contributed by atoms with van der Waals surface area (Å²) in [5.74, 6) is 2.05. The van der Waals surface area contributed by atoms with Crippen LogP contribution in [0.15, 0.2) is 34.9 Å². The molecule has 1 aliphatic heterocycles. The van der Waals surface area contributed by atoms with E-state index in [1.165, 1.54) is 5.56 Å². The van der Waals surface area contributed by atoms with Crippen LogP contribution < -0.4 is 10.1 Å². The highest BCUT2D eigenvalue weighted by atomic mass is 16.5. The first-order valence-electron chi connectivity index (χ1n) is 7.90. The van der Waals surface area contributed by atoms with E-state index in [1.54, 1.807) is 6.26 Å². The van der Waals surface area contributed by atoms with Gasteiger partial charge in [-0.15, -0.1) is 0 Å². The number of nitrogens with one attached hydrogen (secondary N) is 1. The van der Waals surface area contributed by atoms with Crippen molar-refractivity contribution >= 4 is 5.91 Å². The molecule has 4 heteroatoms. The summed E-state index contributed by atoms with van der Waals surface area (Å²) < 4.78 is 11.0. The number of hydrogen-bond acceptors (Lipinski definition) is 3. The smallest absolute Gasteiger partial charge is 0.224 e. The van der Waals surface area contributed by atoms with Gasteiger partial charge in [0.05, 0.1) is 25.3 Å². The second-order valence-electron chi connectivity index (χ2n) is 6.03. The molecule has 4 nitrogen and oxygen atoms in total. The van der Waals surface area contributed by atoms with Gasteiger partial charge >= 0.3 is 0 Å². The van der Waals surface area contributed by atoms with Crippen molar-refractivity contribution < 1.29 is 13.9 Å². The lowest BCUT2D eigenvalue weighted by molar-refractivity contribution is -0.121. The predicted octanol–water partition coefficient (Wildman–Crippen LogP) is 2.95. The van der Waals surface area contributed by atoms with Gasteiger partial charge in [-0.2, -0.15) is 0 Å². The largest absolute Gasteiger partial charge is 0.493 e. The van der Waals surface area contributed by atoms with Crippen LogP contribution in [0.2, 0.25) is 0 Å². The molecule has 1 aliphatic carbocycles. The van der Waals surface area contributed by atoms with Gasteiger partial charge in [-0.1, -0.05) is 12.1 Å². The Bertz CT molecular complexity index is 704. The van der Waals surface area contributed by atoms with Gasteiger partial charge in [0, 0.05) is 18.4 Å². The highest BCUT2D eigenvalue weighted by Gasteiger charge is 2.24. The molecule has 1 N–H and O–H groups in total. The second-order valence-corrected chi connectivity index (χ2v) is 6.03. The van der Waals surface area contributed by atoms with Crippen LogP contribution in [0.25, 0.3) is 0 Å². The van der Waals surface area contributed by atoms with E-state index >= 15 is 0 Å². The highest BCUT2D eigenvalue weighted by Crippen LogP contribution is 2.30. The molecule has 1 aromatic heterocycles. The van der Waals surface area contributed by atoms with E-state index in [-0.39, 0.29) is 11.9 Å². The summed E-state index contributed by atoms with van der Waals surface area (Å²) in [6.45, 7) is 0.746. The van der Waals surface area contributed by atoms with E-state index in [0.717, 1.165) is 54.9 Å². The zero-order chi connectivity index (χ0) is 14.9. The van der Waals surface area contributed by atoms with Crippen LogP contribution in [0, 0.1) is 0 Å². The minimum absolute atomic E-state index is 0.0675. The lowest BCUT2D eigenvalue weighted by Gasteiger charge is -2.22. The van der Waals surface area contributed by atoms with Crippen LogP contribution in [0.1, 0.15) is 41.3 Å². The summed E-state index contributed by atoms with van der Waals surface area (Å²) in [5.41, 5.74) is 3.40. The maximum atomic E-state index is 12.3. The summed E-state index contributed by atoms with van der Waals surface area (Å²) in [6, 6.07) is 8.11. The third kappa shape index (κ3) is 2.49. The molecule has 2 aromatic rings. The zero-order valence-corrected chi connectivity index (χ0v) is 12.4. The standard InChI is InChI=1S/C18H19NO3/c20-18(11-12-4-5-16-13(10-12)6-8-21-16)19-15-2-1-3-17-14(15)7-9-22-17/h4-5,7,9-10,15H,1-3,6,8,11H2,(H,19,20). The summed E-state index contributed by atoms with van der Waals surface area (Å²) in [7, 11) is 0. The molecule has 2 heterocycles. The minimum Gasteiger partial charge on any atom is -0.493 e. The van der Waals surface area contributed by atoms with Crippen molar-refractivity contribution in [2.45, 2.75) is 38.1 Å². The maximum Gasteiger partial charge on any atom is 0.224 e. The first kappa shape index (κ1) is 13.4. The lowest BCUT2D eigenvalue weighted by Crippen LogP contribution is -2.31. The van der Waals surface area contributed by atoms with Crippen molar-refractivity contribution in [1.29, 1.82) is 0 Å². The Hall–Kier alpha value is -2.23. The van der Waals surface area contributed by atoms with E-state index < -0.39 is 0 Å². The molecule has 0 saturated heterocycles. The molecular weight excluding hydrogens is 278 g/mol. The Labute approximate surface area is 129 Å². The van der Waals surface area contributed by atoms with E-state index in [0.29, 0.717) is 6.42 Å². The predicted molar refractivity (Wildman–Crippen MR) is 81.9 cm³/mol. The number of carbonyl (C=O) groups excluding carboxylic acids is 1. The molecule has 1 atom stereocenters. The van der Waals surface area contributed by atoms with Gasteiger partial charge < -0.3 is 14.5 Å². The molecule has 1 unspecified atom stereocenters. The molecule has 1 aromatic carbocycles. The van der Waals surface area contributed by atoms with E-state index in [1.807, 2.05) is 18.2 Å². The number of fused-ring (bicyclic) bond motifs is 2. The van der Waals surface area contributed by atoms with Crippen LogP contribution in [0.3, 0.4) is 0 Å². The topological polar surface area (TPSA) is 51.5 Å². The normalized spacial score (nSPS) is 19.2. The molecule has 4 rings (SSSR count). The number of benzene rings is 1. The van der Waals surface area contributed by atoms with Gasteiger partial charge in [-0.05, 0) is 36.1 Å². The van der Waals surface area contributed by atoms with E-state index in [2.05, 4.69) is 11.4 Å². The molecule has 0 spiro atoms. The number of ether oxygens (including phenoxy) is 1. The summed E-state index contributed by atoms with van der Waals surface area (Å²) >= 11 is 0. The quantitative estimate of drug-likeness (QED) is 0.947. The van der Waals surface area contributed by atoms with Crippen molar-refractivity contribution in [3.8, 4) is 5.75 Å².